The maximum absolute atomic E-state index is 14.4. The third kappa shape index (κ3) is 5.44. The highest BCUT2D eigenvalue weighted by molar-refractivity contribution is 5.99. The van der Waals surface area contributed by atoms with E-state index in [1.165, 1.54) is 17.7 Å². The van der Waals surface area contributed by atoms with Gasteiger partial charge >= 0.3 is 0 Å². The molecular formula is C31H40FN5O2. The zero-order valence-electron chi connectivity index (χ0n) is 23.8. The summed E-state index contributed by atoms with van der Waals surface area (Å²) < 4.78 is 16.4. The fourth-order valence-corrected chi connectivity index (χ4v) is 6.32. The molecule has 2 aliphatic rings. The van der Waals surface area contributed by atoms with Crippen LogP contribution in [0.1, 0.15) is 61.5 Å². The summed E-state index contributed by atoms with van der Waals surface area (Å²) in [4.78, 5) is 36.0. The summed E-state index contributed by atoms with van der Waals surface area (Å²) in [6.07, 6.45) is 10.1. The summed E-state index contributed by atoms with van der Waals surface area (Å²) in [6, 6.07) is 4.88. The highest BCUT2D eigenvalue weighted by atomic mass is 19.1. The number of aromatic nitrogens is 2. The largest absolute Gasteiger partial charge is 0.341 e. The Labute approximate surface area is 230 Å². The molecule has 208 valence electrons. The summed E-state index contributed by atoms with van der Waals surface area (Å²) in [5, 5.41) is 1.16. The lowest BCUT2D eigenvalue weighted by molar-refractivity contribution is -0.130. The number of halogens is 1. The number of nitrogens with zero attached hydrogens (tertiary/aromatic N) is 5. The molecule has 2 aromatic heterocycles. The van der Waals surface area contributed by atoms with Gasteiger partial charge in [0, 0.05) is 63.5 Å². The molecule has 39 heavy (non-hydrogen) atoms. The average molecular weight is 534 g/mol. The first-order valence-electron chi connectivity index (χ1n) is 14.1. The van der Waals surface area contributed by atoms with Crippen LogP contribution in [0.25, 0.3) is 16.6 Å². The number of fused-ring (bicyclic) bond motifs is 1. The smallest absolute Gasteiger partial charge is 0.256 e. The molecule has 0 saturated carbocycles. The maximum atomic E-state index is 14.4. The SMILES string of the molecule is CC(=O)N1CCCC(N2CC[C@@H](Cc3cn(-c4ccc(F)cc4C(=O)N(C)C(C)C)c4cncc(C)c34)C2)C1. The first-order chi connectivity index (χ1) is 18.6. The molecule has 0 radical (unpaired) electrons. The molecule has 4 heterocycles. The van der Waals surface area contributed by atoms with E-state index >= 15 is 0 Å². The topological polar surface area (TPSA) is 61.7 Å². The minimum absolute atomic E-state index is 0.00787. The van der Waals surface area contributed by atoms with Crippen molar-refractivity contribution in [3.63, 3.8) is 0 Å². The van der Waals surface area contributed by atoms with E-state index in [2.05, 4.69) is 23.0 Å². The quantitative estimate of drug-likeness (QED) is 0.456. The van der Waals surface area contributed by atoms with Gasteiger partial charge in [0.25, 0.3) is 5.91 Å². The fraction of sp³-hybridized carbons (Fsp3) is 0.516. The number of likely N-dealkylation sites (tertiary alicyclic amines) is 2. The van der Waals surface area contributed by atoms with Gasteiger partial charge in [-0.15, -0.1) is 0 Å². The van der Waals surface area contributed by atoms with Crippen LogP contribution in [0.4, 0.5) is 4.39 Å². The predicted octanol–water partition coefficient (Wildman–Crippen LogP) is 4.83. The molecule has 3 aromatic rings. The van der Waals surface area contributed by atoms with Gasteiger partial charge in [0.05, 0.1) is 23.0 Å². The third-order valence-corrected chi connectivity index (χ3v) is 8.71. The summed E-state index contributed by atoms with van der Waals surface area (Å²) in [6.45, 7) is 11.4. The first kappa shape index (κ1) is 27.3. The second-order valence-corrected chi connectivity index (χ2v) is 11.7. The van der Waals surface area contributed by atoms with Gasteiger partial charge in [0.2, 0.25) is 5.91 Å². The van der Waals surface area contributed by atoms with Gasteiger partial charge < -0.3 is 14.4 Å². The number of benzene rings is 1. The first-order valence-corrected chi connectivity index (χ1v) is 14.1. The summed E-state index contributed by atoms with van der Waals surface area (Å²) in [5.41, 5.74) is 4.25. The molecule has 2 atom stereocenters. The van der Waals surface area contributed by atoms with E-state index in [1.54, 1.807) is 24.9 Å². The monoisotopic (exact) mass is 533 g/mol. The van der Waals surface area contributed by atoms with Gasteiger partial charge in [-0.2, -0.15) is 0 Å². The lowest BCUT2D eigenvalue weighted by Gasteiger charge is -2.37. The van der Waals surface area contributed by atoms with Crippen molar-refractivity contribution in [3.05, 3.63) is 59.3 Å². The van der Waals surface area contributed by atoms with Crippen LogP contribution in [0.5, 0.6) is 0 Å². The highest BCUT2D eigenvalue weighted by Crippen LogP contribution is 2.33. The van der Waals surface area contributed by atoms with E-state index in [9.17, 15) is 14.0 Å². The van der Waals surface area contributed by atoms with Crippen LogP contribution in [-0.4, -0.2) is 81.4 Å². The zero-order chi connectivity index (χ0) is 27.8. The van der Waals surface area contributed by atoms with Crippen LogP contribution >= 0.6 is 0 Å². The minimum Gasteiger partial charge on any atom is -0.341 e. The average Bonchev–Trinajstić information content (AvgIpc) is 3.53. The third-order valence-electron chi connectivity index (χ3n) is 8.71. The highest BCUT2D eigenvalue weighted by Gasteiger charge is 2.32. The molecule has 0 spiro atoms. The molecule has 2 amide bonds. The second-order valence-electron chi connectivity index (χ2n) is 11.7. The fourth-order valence-electron chi connectivity index (χ4n) is 6.32. The number of aryl methyl sites for hydroxylation is 1. The Hall–Kier alpha value is -3.26. The number of hydrogen-bond acceptors (Lipinski definition) is 4. The Morgan fingerprint density at radius 1 is 1.15 bits per heavy atom. The lowest BCUT2D eigenvalue weighted by Crippen LogP contribution is -2.48. The zero-order valence-corrected chi connectivity index (χ0v) is 23.8. The molecule has 7 nitrogen and oxygen atoms in total. The summed E-state index contributed by atoms with van der Waals surface area (Å²) in [5.74, 6) is 0.0423. The van der Waals surface area contributed by atoms with E-state index in [-0.39, 0.29) is 17.9 Å². The lowest BCUT2D eigenvalue weighted by atomic mass is 9.97. The van der Waals surface area contributed by atoms with Gasteiger partial charge in [0.1, 0.15) is 5.82 Å². The van der Waals surface area contributed by atoms with E-state index in [0.717, 1.165) is 68.3 Å². The number of carbonyl (C=O) groups excluding carboxylic acids is 2. The van der Waals surface area contributed by atoms with Crippen LogP contribution < -0.4 is 0 Å². The van der Waals surface area contributed by atoms with Gasteiger partial charge in [-0.05, 0) is 88.2 Å². The van der Waals surface area contributed by atoms with Crippen molar-refractivity contribution in [3.8, 4) is 5.69 Å². The van der Waals surface area contributed by atoms with Gasteiger partial charge in [-0.25, -0.2) is 4.39 Å². The van der Waals surface area contributed by atoms with Crippen molar-refractivity contribution in [2.45, 2.75) is 65.5 Å². The molecule has 2 saturated heterocycles. The summed E-state index contributed by atoms with van der Waals surface area (Å²) >= 11 is 0. The molecule has 5 rings (SSSR count). The van der Waals surface area contributed by atoms with E-state index < -0.39 is 5.82 Å². The van der Waals surface area contributed by atoms with Crippen LogP contribution in [0.15, 0.2) is 36.8 Å². The van der Waals surface area contributed by atoms with Gasteiger partial charge in [0.15, 0.2) is 0 Å². The van der Waals surface area contributed by atoms with Crippen molar-refractivity contribution in [1.82, 2.24) is 24.3 Å². The molecule has 2 fully saturated rings. The number of carbonyl (C=O) groups is 2. The maximum Gasteiger partial charge on any atom is 0.256 e. The Bertz CT molecular complexity index is 1380. The van der Waals surface area contributed by atoms with Crippen LogP contribution in [-0.2, 0) is 11.2 Å². The summed E-state index contributed by atoms with van der Waals surface area (Å²) in [7, 11) is 1.75. The van der Waals surface area contributed by atoms with Crippen molar-refractivity contribution >= 4 is 22.7 Å². The van der Waals surface area contributed by atoms with Gasteiger partial charge in [-0.3, -0.25) is 19.5 Å². The van der Waals surface area contributed by atoms with Crippen LogP contribution in [0.2, 0.25) is 0 Å². The molecule has 1 aromatic carbocycles. The number of amides is 2. The Morgan fingerprint density at radius 2 is 1.95 bits per heavy atom. The van der Waals surface area contributed by atoms with E-state index in [1.807, 2.05) is 35.7 Å². The molecule has 8 heteroatoms. The molecule has 0 aliphatic carbocycles. The predicted molar refractivity (Wildman–Crippen MR) is 152 cm³/mol. The second kappa shape index (κ2) is 11.1. The number of piperidine rings is 1. The normalized spacial score (nSPS) is 20.2. The van der Waals surface area contributed by atoms with Gasteiger partial charge in [-0.1, -0.05) is 0 Å². The number of hydrogen-bond donors (Lipinski definition) is 0. The van der Waals surface area contributed by atoms with Crippen molar-refractivity contribution in [1.29, 1.82) is 0 Å². The van der Waals surface area contributed by atoms with Crippen molar-refractivity contribution in [2.24, 2.45) is 5.92 Å². The van der Waals surface area contributed by atoms with E-state index in [4.69, 9.17) is 0 Å². The number of pyridine rings is 1. The molecule has 0 N–H and O–H groups in total. The van der Waals surface area contributed by atoms with Crippen molar-refractivity contribution in [2.75, 3.05) is 33.2 Å². The number of rotatable bonds is 6. The Morgan fingerprint density at radius 3 is 2.69 bits per heavy atom. The van der Waals surface area contributed by atoms with Crippen molar-refractivity contribution < 1.29 is 14.0 Å². The Kier molecular flexibility index (Phi) is 7.76. The molecular weight excluding hydrogens is 493 g/mol. The molecule has 2 aliphatic heterocycles. The van der Waals surface area contributed by atoms with E-state index in [0.29, 0.717) is 23.2 Å². The molecule has 1 unspecified atom stereocenters. The van der Waals surface area contributed by atoms with Crippen LogP contribution in [0, 0.1) is 18.7 Å². The van der Waals surface area contributed by atoms with Crippen LogP contribution in [0.3, 0.4) is 0 Å². The minimum atomic E-state index is -0.428. The molecule has 0 bridgehead atoms. The Balaban J connectivity index is 1.45. The standard InChI is InChI=1S/C31H40FN5O2/c1-20(2)34(5)31(39)27-14-25(32)8-9-28(27)37-18-24(30-21(3)15-33-16-29(30)37)13-23-10-12-36(17-23)26-7-6-11-35(19-26)22(4)38/h8-9,14-16,18,20,23,26H,6-7,10-13,17,19H2,1-5H3/t23-,26?/m0/s1.